The summed E-state index contributed by atoms with van der Waals surface area (Å²) in [6.45, 7) is 6.17. The fourth-order valence-electron chi connectivity index (χ4n) is 1.75. The standard InChI is InChI=1S/C13H17N3S/c1-3-16(4-2)13-15-11(12(14)17-13)10-8-6-5-7-9-10/h5-9H,3-4,14H2,1-2H3. The lowest BCUT2D eigenvalue weighted by Gasteiger charge is -2.16. The van der Waals surface area contributed by atoms with Crippen molar-refractivity contribution in [3.8, 4) is 11.3 Å². The van der Waals surface area contributed by atoms with Crippen molar-refractivity contribution in [2.45, 2.75) is 13.8 Å². The van der Waals surface area contributed by atoms with Crippen LogP contribution in [-0.2, 0) is 0 Å². The number of nitrogens with zero attached hydrogens (tertiary/aromatic N) is 2. The largest absolute Gasteiger partial charge is 0.389 e. The van der Waals surface area contributed by atoms with E-state index in [0.717, 1.165) is 34.5 Å². The summed E-state index contributed by atoms with van der Waals surface area (Å²) in [6, 6.07) is 10.1. The van der Waals surface area contributed by atoms with E-state index in [1.165, 1.54) is 0 Å². The molecule has 90 valence electrons. The van der Waals surface area contributed by atoms with Gasteiger partial charge in [-0.05, 0) is 13.8 Å². The van der Waals surface area contributed by atoms with E-state index < -0.39 is 0 Å². The van der Waals surface area contributed by atoms with E-state index in [-0.39, 0.29) is 0 Å². The monoisotopic (exact) mass is 247 g/mol. The predicted molar refractivity (Wildman–Crippen MR) is 75.5 cm³/mol. The van der Waals surface area contributed by atoms with Gasteiger partial charge in [-0.2, -0.15) is 0 Å². The molecule has 4 heteroatoms. The zero-order valence-corrected chi connectivity index (χ0v) is 11.0. The topological polar surface area (TPSA) is 42.2 Å². The van der Waals surface area contributed by atoms with Crippen LogP contribution in [0.15, 0.2) is 30.3 Å². The minimum atomic E-state index is 0.790. The molecule has 2 aromatic rings. The van der Waals surface area contributed by atoms with Crippen molar-refractivity contribution in [2.75, 3.05) is 23.7 Å². The zero-order valence-electron chi connectivity index (χ0n) is 10.2. The van der Waals surface area contributed by atoms with Crippen LogP contribution in [0.3, 0.4) is 0 Å². The van der Waals surface area contributed by atoms with Crippen molar-refractivity contribution >= 4 is 21.5 Å². The molecule has 0 spiro atoms. The van der Waals surface area contributed by atoms with Crippen molar-refractivity contribution in [3.05, 3.63) is 30.3 Å². The number of benzene rings is 1. The number of aromatic nitrogens is 1. The lowest BCUT2D eigenvalue weighted by Crippen LogP contribution is -2.21. The number of thiazole rings is 1. The maximum atomic E-state index is 6.05. The highest BCUT2D eigenvalue weighted by atomic mass is 32.1. The van der Waals surface area contributed by atoms with Gasteiger partial charge in [-0.1, -0.05) is 41.7 Å². The molecule has 2 rings (SSSR count). The predicted octanol–water partition coefficient (Wildman–Crippen LogP) is 3.24. The van der Waals surface area contributed by atoms with E-state index in [9.17, 15) is 0 Å². The Labute approximate surface area is 106 Å². The van der Waals surface area contributed by atoms with Crippen LogP contribution < -0.4 is 10.6 Å². The van der Waals surface area contributed by atoms with Crippen LogP contribution in [0.2, 0.25) is 0 Å². The first-order chi connectivity index (χ1) is 8.26. The molecule has 0 bridgehead atoms. The fraction of sp³-hybridized carbons (Fsp3) is 0.308. The summed E-state index contributed by atoms with van der Waals surface area (Å²) < 4.78 is 0. The molecular weight excluding hydrogens is 230 g/mol. The molecule has 1 aromatic heterocycles. The second kappa shape index (κ2) is 5.19. The first kappa shape index (κ1) is 11.9. The maximum Gasteiger partial charge on any atom is 0.187 e. The van der Waals surface area contributed by atoms with E-state index in [2.05, 4.69) is 23.7 Å². The molecule has 0 aliphatic carbocycles. The summed E-state index contributed by atoms with van der Waals surface area (Å²) in [7, 11) is 0. The number of nitrogen functional groups attached to an aromatic ring is 1. The first-order valence-electron chi connectivity index (χ1n) is 5.83. The number of hydrogen-bond donors (Lipinski definition) is 1. The molecule has 0 atom stereocenters. The van der Waals surface area contributed by atoms with Gasteiger partial charge in [-0.25, -0.2) is 4.98 Å². The van der Waals surface area contributed by atoms with Gasteiger partial charge in [0.25, 0.3) is 0 Å². The third-order valence-electron chi connectivity index (χ3n) is 2.72. The van der Waals surface area contributed by atoms with Crippen molar-refractivity contribution in [3.63, 3.8) is 0 Å². The second-order valence-corrected chi connectivity index (χ2v) is 4.76. The Hall–Kier alpha value is -1.55. The quantitative estimate of drug-likeness (QED) is 0.902. The highest BCUT2D eigenvalue weighted by Crippen LogP contribution is 2.34. The van der Waals surface area contributed by atoms with Crippen LogP contribution in [0.5, 0.6) is 0 Å². The lowest BCUT2D eigenvalue weighted by molar-refractivity contribution is 0.860. The Morgan fingerprint density at radius 1 is 1.18 bits per heavy atom. The molecular formula is C13H17N3S. The smallest absolute Gasteiger partial charge is 0.187 e. The summed E-state index contributed by atoms with van der Waals surface area (Å²) in [5, 5.41) is 1.80. The molecule has 1 aromatic carbocycles. The Morgan fingerprint density at radius 2 is 1.82 bits per heavy atom. The van der Waals surface area contributed by atoms with Crippen LogP contribution >= 0.6 is 11.3 Å². The van der Waals surface area contributed by atoms with Gasteiger partial charge in [0.1, 0.15) is 10.7 Å². The summed E-state index contributed by atoms with van der Waals surface area (Å²) in [6.07, 6.45) is 0. The van der Waals surface area contributed by atoms with Gasteiger partial charge in [0.15, 0.2) is 5.13 Å². The Morgan fingerprint density at radius 3 is 2.41 bits per heavy atom. The van der Waals surface area contributed by atoms with Crippen LogP contribution in [0, 0.1) is 0 Å². The molecule has 3 nitrogen and oxygen atoms in total. The van der Waals surface area contributed by atoms with E-state index in [1.54, 1.807) is 11.3 Å². The molecule has 0 amide bonds. The normalized spacial score (nSPS) is 10.5. The van der Waals surface area contributed by atoms with Gasteiger partial charge >= 0.3 is 0 Å². The molecule has 17 heavy (non-hydrogen) atoms. The molecule has 0 saturated heterocycles. The number of rotatable bonds is 4. The molecule has 1 heterocycles. The second-order valence-electron chi connectivity index (χ2n) is 3.75. The molecule has 0 unspecified atom stereocenters. The van der Waals surface area contributed by atoms with E-state index >= 15 is 0 Å². The van der Waals surface area contributed by atoms with Crippen molar-refractivity contribution in [1.29, 1.82) is 0 Å². The summed E-state index contributed by atoms with van der Waals surface area (Å²) >= 11 is 1.56. The highest BCUT2D eigenvalue weighted by molar-refractivity contribution is 7.19. The Kier molecular flexibility index (Phi) is 3.64. The number of hydrogen-bond acceptors (Lipinski definition) is 4. The molecule has 2 N–H and O–H groups in total. The average molecular weight is 247 g/mol. The van der Waals surface area contributed by atoms with Crippen molar-refractivity contribution < 1.29 is 0 Å². The van der Waals surface area contributed by atoms with Gasteiger partial charge in [-0.3, -0.25) is 0 Å². The number of anilines is 2. The van der Waals surface area contributed by atoms with E-state index in [4.69, 9.17) is 5.73 Å². The van der Waals surface area contributed by atoms with Crippen LogP contribution in [-0.4, -0.2) is 18.1 Å². The highest BCUT2D eigenvalue weighted by Gasteiger charge is 2.13. The molecule has 0 saturated carbocycles. The van der Waals surface area contributed by atoms with E-state index in [1.807, 2.05) is 30.3 Å². The van der Waals surface area contributed by atoms with E-state index in [0.29, 0.717) is 0 Å². The number of nitrogens with two attached hydrogens (primary N) is 1. The van der Waals surface area contributed by atoms with Crippen molar-refractivity contribution in [2.24, 2.45) is 0 Å². The van der Waals surface area contributed by atoms with Crippen LogP contribution in [0.25, 0.3) is 11.3 Å². The van der Waals surface area contributed by atoms with Gasteiger partial charge in [0, 0.05) is 18.7 Å². The molecule has 0 aliphatic rings. The molecule has 0 fully saturated rings. The fourth-order valence-corrected chi connectivity index (χ4v) is 2.73. The average Bonchev–Trinajstić information content (AvgIpc) is 2.74. The SMILES string of the molecule is CCN(CC)c1nc(-c2ccccc2)c(N)s1. The minimum absolute atomic E-state index is 0.790. The third kappa shape index (κ3) is 2.42. The lowest BCUT2D eigenvalue weighted by atomic mass is 10.2. The van der Waals surface area contributed by atoms with Crippen LogP contribution in [0.4, 0.5) is 10.1 Å². The van der Waals surface area contributed by atoms with Crippen LogP contribution in [0.1, 0.15) is 13.8 Å². The van der Waals surface area contributed by atoms with Gasteiger partial charge < -0.3 is 10.6 Å². The maximum absolute atomic E-state index is 6.05. The van der Waals surface area contributed by atoms with Gasteiger partial charge in [0.05, 0.1) is 0 Å². The minimum Gasteiger partial charge on any atom is -0.389 e. The summed E-state index contributed by atoms with van der Waals surface area (Å²) in [4.78, 5) is 6.86. The first-order valence-corrected chi connectivity index (χ1v) is 6.64. The zero-order chi connectivity index (χ0) is 12.3. The summed E-state index contributed by atoms with van der Waals surface area (Å²) in [5.74, 6) is 0. The van der Waals surface area contributed by atoms with Crippen molar-refractivity contribution in [1.82, 2.24) is 4.98 Å². The van der Waals surface area contributed by atoms with Gasteiger partial charge in [0.2, 0.25) is 0 Å². The third-order valence-corrected chi connectivity index (χ3v) is 3.67. The Bertz CT molecular complexity index is 475. The Balaban J connectivity index is 2.37. The summed E-state index contributed by atoms with van der Waals surface area (Å²) in [5.41, 5.74) is 8.03. The van der Waals surface area contributed by atoms with Gasteiger partial charge in [-0.15, -0.1) is 0 Å². The molecule has 0 aliphatic heterocycles. The molecule has 0 radical (unpaired) electrons.